The molecular weight excluding hydrogens is 894 g/mol. The Morgan fingerprint density at radius 2 is 1.07 bits per heavy atom. The van der Waals surface area contributed by atoms with Crippen molar-refractivity contribution in [3.8, 4) is 22.3 Å². The van der Waals surface area contributed by atoms with Gasteiger partial charge in [-0.25, -0.2) is 0 Å². The summed E-state index contributed by atoms with van der Waals surface area (Å²) >= 11 is 0. The Balaban J connectivity index is 0.00000169. The molecule has 4 heteroatoms. The second kappa shape index (κ2) is 22.2. The van der Waals surface area contributed by atoms with Gasteiger partial charge in [0.1, 0.15) is 0 Å². The summed E-state index contributed by atoms with van der Waals surface area (Å²) in [6, 6.07) is 56.4. The smallest absolute Gasteiger partial charge is 0.193 e. The Morgan fingerprint density at radius 3 is 1.64 bits per heavy atom. The van der Waals surface area contributed by atoms with Gasteiger partial charge in [-0.2, -0.15) is 0 Å². The van der Waals surface area contributed by atoms with E-state index in [0.29, 0.717) is 30.8 Å². The predicted molar refractivity (Wildman–Crippen MR) is 309 cm³/mol. The first-order chi connectivity index (χ1) is 34.9. The number of rotatable bonds is 11. The Kier molecular flexibility index (Phi) is 15.9. The highest BCUT2D eigenvalue weighted by molar-refractivity contribution is 7.52. The van der Waals surface area contributed by atoms with Gasteiger partial charge in [-0.15, -0.1) is 0 Å². The molecule has 0 N–H and O–H groups in total. The van der Waals surface area contributed by atoms with Crippen LogP contribution in [0.15, 0.2) is 210 Å². The molecule has 72 heavy (non-hydrogen) atoms. The molecule has 1 atom stereocenters. The van der Waals surface area contributed by atoms with Gasteiger partial charge >= 0.3 is 0 Å². The monoisotopic (exact) mass is 964 g/mol. The highest BCUT2D eigenvalue weighted by Crippen LogP contribution is 2.51. The number of fused-ring (bicyclic) bond motifs is 1. The second-order valence-electron chi connectivity index (χ2n) is 19.7. The molecule has 1 heterocycles. The lowest BCUT2D eigenvalue weighted by Gasteiger charge is -2.44. The normalized spacial score (nSPS) is 14.8. The fourth-order valence-electron chi connectivity index (χ4n) is 10.5. The average molecular weight is 964 g/mol. The number of nitrogens with zero attached hydrogens (tertiary/aromatic N) is 1. The number of carbonyl (C=O) groups excluding carboxylic acids is 2. The number of hydrogen-bond donors (Lipinski definition) is 0. The molecule has 0 fully saturated rings. The second-order valence-corrected chi connectivity index (χ2v) is 21.1. The maximum atomic E-state index is 15.0. The van der Waals surface area contributed by atoms with Crippen molar-refractivity contribution in [2.75, 3.05) is 4.90 Å². The average Bonchev–Trinajstić information content (AvgIpc) is 3.42. The van der Waals surface area contributed by atoms with Crippen LogP contribution < -0.4 is 10.2 Å². The van der Waals surface area contributed by atoms with Crippen molar-refractivity contribution in [3.63, 3.8) is 0 Å². The summed E-state index contributed by atoms with van der Waals surface area (Å²) in [6.45, 7) is 21.4. The summed E-state index contributed by atoms with van der Waals surface area (Å²) in [4.78, 5) is 32.3. The van der Waals surface area contributed by atoms with Crippen LogP contribution in [0.25, 0.3) is 22.3 Å². The lowest BCUT2D eigenvalue weighted by molar-refractivity contribution is 0.102. The number of carbonyl (C=O) groups is 2. The molecule has 1 unspecified atom stereocenters. The van der Waals surface area contributed by atoms with Gasteiger partial charge in [-0.1, -0.05) is 238 Å². The van der Waals surface area contributed by atoms with E-state index in [1.54, 1.807) is 0 Å². The summed E-state index contributed by atoms with van der Waals surface area (Å²) < 4.78 is 0. The molecule has 0 bridgehead atoms. The molecule has 7 aromatic rings. The van der Waals surface area contributed by atoms with Gasteiger partial charge in [0, 0.05) is 50.2 Å². The van der Waals surface area contributed by atoms with Crippen LogP contribution in [0.5, 0.6) is 0 Å². The first-order valence-corrected chi connectivity index (χ1v) is 27.0. The van der Waals surface area contributed by atoms with E-state index >= 15 is 0 Å². The molecule has 10 rings (SSSR count). The van der Waals surface area contributed by atoms with E-state index in [0.717, 1.165) is 64.8 Å². The van der Waals surface area contributed by atoms with E-state index < -0.39 is 0 Å². The Morgan fingerprint density at radius 1 is 0.569 bits per heavy atom. The van der Waals surface area contributed by atoms with Crippen LogP contribution in [-0.4, -0.2) is 11.6 Å². The predicted octanol–water partition coefficient (Wildman–Crippen LogP) is 18.1. The zero-order valence-electron chi connectivity index (χ0n) is 44.0. The van der Waals surface area contributed by atoms with Crippen molar-refractivity contribution < 1.29 is 9.59 Å². The van der Waals surface area contributed by atoms with Crippen LogP contribution in [0.3, 0.4) is 0 Å². The molecule has 0 saturated carbocycles. The topological polar surface area (TPSA) is 37.4 Å². The third kappa shape index (κ3) is 10.2. The Labute approximate surface area is 431 Å². The van der Waals surface area contributed by atoms with Crippen molar-refractivity contribution in [2.24, 2.45) is 0 Å². The first kappa shape index (κ1) is 51.4. The Hall–Kier alpha value is -6.93. The van der Waals surface area contributed by atoms with Crippen molar-refractivity contribution in [3.05, 3.63) is 255 Å². The van der Waals surface area contributed by atoms with Crippen LogP contribution in [0.4, 0.5) is 11.4 Å². The lowest BCUT2D eigenvalue weighted by atomic mass is 9.71. The van der Waals surface area contributed by atoms with Crippen LogP contribution in [-0.2, 0) is 10.8 Å². The minimum absolute atomic E-state index is 0.0826. The number of allylic oxidation sites excluding steroid dienone is 8. The van der Waals surface area contributed by atoms with Crippen molar-refractivity contribution in [2.45, 2.75) is 106 Å². The standard InChI is InChI=1S/C64H58NO2P.2C2H6/c1-42-24-28-46(29-25-42)61(66)53-41-52(45-34-38-50(39-35-45)68-60-23-15-12-20-57(60)63(3,4)48-16-8-7-9-17-48)54(62(67)47-30-26-43(2)27-31-47)40-51(53)44-32-36-49(37-33-44)65-58-21-13-10-18-55(58)64(5,6)56-19-11-14-22-59(56)65;2*1-2/h7-11,13,15-19,21,23-41,68H,12,14,20,22H2,1-6H3;2*1-2H3. The number of hydrogen-bond acceptors (Lipinski definition) is 3. The fraction of sp³-hybridized carbons (Fsp3) is 0.235. The van der Waals surface area contributed by atoms with E-state index in [-0.39, 0.29) is 22.4 Å². The largest absolute Gasteiger partial charge is 0.314 e. The van der Waals surface area contributed by atoms with Crippen molar-refractivity contribution in [1.29, 1.82) is 0 Å². The molecule has 0 spiro atoms. The highest BCUT2D eigenvalue weighted by atomic mass is 31.1. The third-order valence-electron chi connectivity index (χ3n) is 14.5. The van der Waals surface area contributed by atoms with Crippen LogP contribution >= 0.6 is 8.58 Å². The van der Waals surface area contributed by atoms with Gasteiger partial charge in [0.25, 0.3) is 0 Å². The minimum atomic E-state index is -0.124. The summed E-state index contributed by atoms with van der Waals surface area (Å²) in [6.07, 6.45) is 13.3. The van der Waals surface area contributed by atoms with E-state index in [1.165, 1.54) is 44.3 Å². The van der Waals surface area contributed by atoms with E-state index in [2.05, 4.69) is 160 Å². The molecule has 364 valence electrons. The summed E-state index contributed by atoms with van der Waals surface area (Å²) in [7, 11) is 0.477. The molecule has 0 amide bonds. The SMILES string of the molecule is CC.CC.Cc1ccc(C(=O)c2cc(-c3ccc(N4C5=C(C=CCC5)C(C)(C)c5ccccc54)cc3)c(C(=O)c3ccc(C)cc3)cc2-c2ccc(PC3=C(C(C)(C)c4ccccc4)CCC=C3)cc2)cc1. The molecule has 0 radical (unpaired) electrons. The number of benzene rings is 7. The van der Waals surface area contributed by atoms with Crippen LogP contribution in [0, 0.1) is 13.8 Å². The molecular formula is C68H70NO2P. The maximum Gasteiger partial charge on any atom is 0.193 e. The molecule has 0 aromatic heterocycles. The van der Waals surface area contributed by atoms with Crippen molar-refractivity contribution in [1.82, 2.24) is 0 Å². The molecule has 0 saturated heterocycles. The molecule has 3 nitrogen and oxygen atoms in total. The molecule has 3 aliphatic rings. The Bertz CT molecular complexity index is 3200. The zero-order valence-corrected chi connectivity index (χ0v) is 45.0. The summed E-state index contributed by atoms with van der Waals surface area (Å²) in [5.41, 5.74) is 16.6. The lowest BCUT2D eigenvalue weighted by Crippen LogP contribution is -2.34. The van der Waals surface area contributed by atoms with Crippen molar-refractivity contribution >= 4 is 36.8 Å². The van der Waals surface area contributed by atoms with Gasteiger partial charge in [-0.05, 0) is 119 Å². The number of aryl methyl sites for hydroxylation is 2. The summed E-state index contributed by atoms with van der Waals surface area (Å²) in [5, 5.41) is 2.61. The number of anilines is 2. The zero-order chi connectivity index (χ0) is 51.2. The maximum absolute atomic E-state index is 15.0. The molecule has 2 aliphatic carbocycles. The van der Waals surface area contributed by atoms with E-state index in [1.807, 2.05) is 102 Å². The van der Waals surface area contributed by atoms with Gasteiger partial charge in [-0.3, -0.25) is 9.59 Å². The minimum Gasteiger partial charge on any atom is -0.314 e. The molecule has 7 aromatic carbocycles. The fourth-order valence-corrected chi connectivity index (χ4v) is 12.0. The third-order valence-corrected chi connectivity index (χ3v) is 15.9. The quantitative estimate of drug-likeness (QED) is 0.0958. The van der Waals surface area contributed by atoms with E-state index in [4.69, 9.17) is 0 Å². The summed E-state index contributed by atoms with van der Waals surface area (Å²) in [5.74, 6) is -0.167. The van der Waals surface area contributed by atoms with Crippen LogP contribution in [0.1, 0.15) is 135 Å². The van der Waals surface area contributed by atoms with Gasteiger partial charge in [0.2, 0.25) is 0 Å². The van der Waals surface area contributed by atoms with Gasteiger partial charge in [0.15, 0.2) is 11.6 Å². The highest BCUT2D eigenvalue weighted by Gasteiger charge is 2.38. The first-order valence-electron chi connectivity index (χ1n) is 26.0. The van der Waals surface area contributed by atoms with Gasteiger partial charge in [0.05, 0.1) is 0 Å². The van der Waals surface area contributed by atoms with Gasteiger partial charge < -0.3 is 4.90 Å². The molecule has 1 aliphatic heterocycles. The number of ketones is 2. The number of para-hydroxylation sites is 1. The van der Waals surface area contributed by atoms with Crippen LogP contribution in [0.2, 0.25) is 0 Å². The van der Waals surface area contributed by atoms with E-state index in [9.17, 15) is 9.59 Å².